The van der Waals surface area contributed by atoms with Crippen molar-refractivity contribution < 1.29 is 0 Å². The second kappa shape index (κ2) is 6.78. The lowest BCUT2D eigenvalue weighted by atomic mass is 9.82. The third-order valence-corrected chi connectivity index (χ3v) is 5.03. The Morgan fingerprint density at radius 2 is 1.35 bits per heavy atom. The van der Waals surface area contributed by atoms with Gasteiger partial charge in [-0.2, -0.15) is 0 Å². The summed E-state index contributed by atoms with van der Waals surface area (Å²) in [6, 6.07) is 1.69. The zero-order valence-electron chi connectivity index (χ0n) is 11.9. The molecule has 2 aliphatic rings. The molecule has 0 unspecified atom stereocenters. The molecule has 100 valence electrons. The van der Waals surface area contributed by atoms with Gasteiger partial charge in [0.1, 0.15) is 0 Å². The molecule has 0 aliphatic heterocycles. The molecule has 0 heterocycles. The highest BCUT2D eigenvalue weighted by molar-refractivity contribution is 4.83. The molecule has 17 heavy (non-hydrogen) atoms. The molecule has 0 aromatic rings. The van der Waals surface area contributed by atoms with Crippen molar-refractivity contribution >= 4 is 0 Å². The number of hydrogen-bond donors (Lipinski definition) is 1. The van der Waals surface area contributed by atoms with Crippen LogP contribution in [0, 0.1) is 11.8 Å². The summed E-state index contributed by atoms with van der Waals surface area (Å²) in [7, 11) is 0. The van der Waals surface area contributed by atoms with Crippen molar-refractivity contribution in [2.24, 2.45) is 11.8 Å². The zero-order valence-corrected chi connectivity index (χ0v) is 11.9. The van der Waals surface area contributed by atoms with E-state index in [9.17, 15) is 0 Å². The van der Waals surface area contributed by atoms with Gasteiger partial charge in [-0.1, -0.05) is 26.7 Å². The standard InChI is InChI=1S/C16H31N/c1-3-4-14-7-11-16(12-8-14)17-15-9-5-13(2)6-10-15/h13-17H,3-12H2,1-2H3. The minimum Gasteiger partial charge on any atom is -0.311 e. The van der Waals surface area contributed by atoms with E-state index in [1.807, 2.05) is 0 Å². The molecule has 1 heteroatoms. The summed E-state index contributed by atoms with van der Waals surface area (Å²) < 4.78 is 0. The Hall–Kier alpha value is -0.0400. The molecular formula is C16H31N. The second-order valence-electron chi connectivity index (χ2n) is 6.63. The fourth-order valence-corrected chi connectivity index (χ4v) is 3.79. The number of hydrogen-bond acceptors (Lipinski definition) is 1. The fourth-order valence-electron chi connectivity index (χ4n) is 3.79. The van der Waals surface area contributed by atoms with Crippen LogP contribution in [0.15, 0.2) is 0 Å². The molecule has 2 saturated carbocycles. The van der Waals surface area contributed by atoms with Crippen LogP contribution in [0.2, 0.25) is 0 Å². The van der Waals surface area contributed by atoms with Gasteiger partial charge in [0.2, 0.25) is 0 Å². The van der Waals surface area contributed by atoms with E-state index >= 15 is 0 Å². The number of rotatable bonds is 4. The molecule has 0 radical (unpaired) electrons. The minimum absolute atomic E-state index is 0.846. The molecular weight excluding hydrogens is 206 g/mol. The van der Waals surface area contributed by atoms with Gasteiger partial charge in [0.05, 0.1) is 0 Å². The van der Waals surface area contributed by atoms with Crippen molar-refractivity contribution in [3.05, 3.63) is 0 Å². The molecule has 2 aliphatic carbocycles. The minimum atomic E-state index is 0.846. The molecule has 0 saturated heterocycles. The van der Waals surface area contributed by atoms with Crippen LogP contribution in [0.25, 0.3) is 0 Å². The van der Waals surface area contributed by atoms with Crippen LogP contribution < -0.4 is 5.32 Å². The van der Waals surface area contributed by atoms with Gasteiger partial charge in [-0.25, -0.2) is 0 Å². The van der Waals surface area contributed by atoms with Crippen LogP contribution >= 0.6 is 0 Å². The summed E-state index contributed by atoms with van der Waals surface area (Å²) in [5.74, 6) is 2.03. The van der Waals surface area contributed by atoms with E-state index < -0.39 is 0 Å². The van der Waals surface area contributed by atoms with Crippen molar-refractivity contribution in [2.45, 2.75) is 90.1 Å². The summed E-state index contributed by atoms with van der Waals surface area (Å²) in [5.41, 5.74) is 0. The first-order valence-electron chi connectivity index (χ1n) is 8.04. The highest BCUT2D eigenvalue weighted by atomic mass is 15.0. The molecule has 0 bridgehead atoms. The molecule has 2 fully saturated rings. The van der Waals surface area contributed by atoms with Gasteiger partial charge in [-0.05, 0) is 63.2 Å². The smallest absolute Gasteiger partial charge is 0.00698 e. The normalized spacial score (nSPS) is 39.2. The van der Waals surface area contributed by atoms with E-state index in [4.69, 9.17) is 0 Å². The van der Waals surface area contributed by atoms with Gasteiger partial charge in [0, 0.05) is 12.1 Å². The van der Waals surface area contributed by atoms with Crippen LogP contribution in [0.5, 0.6) is 0 Å². The lowest BCUT2D eigenvalue weighted by Crippen LogP contribution is -2.42. The Bertz CT molecular complexity index is 198. The van der Waals surface area contributed by atoms with Crippen LogP contribution in [-0.4, -0.2) is 12.1 Å². The lowest BCUT2D eigenvalue weighted by molar-refractivity contribution is 0.229. The summed E-state index contributed by atoms with van der Waals surface area (Å²) in [4.78, 5) is 0. The third-order valence-electron chi connectivity index (χ3n) is 5.03. The predicted octanol–water partition coefficient (Wildman–Crippen LogP) is 4.51. The molecule has 0 aromatic heterocycles. The van der Waals surface area contributed by atoms with Crippen molar-refractivity contribution in [3.8, 4) is 0 Å². The van der Waals surface area contributed by atoms with Gasteiger partial charge in [0.15, 0.2) is 0 Å². The molecule has 2 rings (SSSR count). The van der Waals surface area contributed by atoms with Gasteiger partial charge >= 0.3 is 0 Å². The van der Waals surface area contributed by atoms with Crippen molar-refractivity contribution in [1.29, 1.82) is 0 Å². The Balaban J connectivity index is 1.64. The first kappa shape index (κ1) is 13.4. The zero-order chi connectivity index (χ0) is 12.1. The van der Waals surface area contributed by atoms with Gasteiger partial charge in [-0.3, -0.25) is 0 Å². The summed E-state index contributed by atoms with van der Waals surface area (Å²) >= 11 is 0. The van der Waals surface area contributed by atoms with Gasteiger partial charge < -0.3 is 5.32 Å². The van der Waals surface area contributed by atoms with E-state index in [1.54, 1.807) is 0 Å². The maximum atomic E-state index is 3.94. The monoisotopic (exact) mass is 237 g/mol. The highest BCUT2D eigenvalue weighted by Crippen LogP contribution is 2.30. The Labute approximate surface area is 108 Å². The maximum Gasteiger partial charge on any atom is 0.00698 e. The van der Waals surface area contributed by atoms with Crippen molar-refractivity contribution in [1.82, 2.24) is 5.32 Å². The van der Waals surface area contributed by atoms with Crippen LogP contribution in [0.4, 0.5) is 0 Å². The summed E-state index contributed by atoms with van der Waals surface area (Å²) in [6.07, 6.45) is 14.4. The largest absolute Gasteiger partial charge is 0.311 e. The average Bonchev–Trinajstić information content (AvgIpc) is 2.35. The highest BCUT2D eigenvalue weighted by Gasteiger charge is 2.24. The van der Waals surface area contributed by atoms with E-state index in [0.29, 0.717) is 0 Å². The van der Waals surface area contributed by atoms with E-state index in [2.05, 4.69) is 19.2 Å². The lowest BCUT2D eigenvalue weighted by Gasteiger charge is -2.34. The first-order chi connectivity index (χ1) is 8.28. The quantitative estimate of drug-likeness (QED) is 0.758. The molecule has 0 amide bonds. The predicted molar refractivity (Wildman–Crippen MR) is 75.2 cm³/mol. The molecule has 1 N–H and O–H groups in total. The molecule has 0 spiro atoms. The summed E-state index contributed by atoms with van der Waals surface area (Å²) in [6.45, 7) is 4.74. The average molecular weight is 237 g/mol. The van der Waals surface area contributed by atoms with Crippen LogP contribution in [-0.2, 0) is 0 Å². The molecule has 1 nitrogen and oxygen atoms in total. The van der Waals surface area contributed by atoms with Crippen molar-refractivity contribution in [2.75, 3.05) is 0 Å². The van der Waals surface area contributed by atoms with E-state index in [0.717, 1.165) is 23.9 Å². The summed E-state index contributed by atoms with van der Waals surface area (Å²) in [5, 5.41) is 3.94. The Morgan fingerprint density at radius 3 is 1.88 bits per heavy atom. The van der Waals surface area contributed by atoms with E-state index in [1.165, 1.54) is 64.2 Å². The van der Waals surface area contributed by atoms with E-state index in [-0.39, 0.29) is 0 Å². The van der Waals surface area contributed by atoms with Crippen LogP contribution in [0.3, 0.4) is 0 Å². The first-order valence-corrected chi connectivity index (χ1v) is 8.04. The fraction of sp³-hybridized carbons (Fsp3) is 1.00. The van der Waals surface area contributed by atoms with Gasteiger partial charge in [-0.15, -0.1) is 0 Å². The SMILES string of the molecule is CCCC1CCC(NC2CCC(C)CC2)CC1. The number of nitrogens with one attached hydrogen (secondary N) is 1. The Morgan fingerprint density at radius 1 is 0.824 bits per heavy atom. The van der Waals surface area contributed by atoms with Gasteiger partial charge in [0.25, 0.3) is 0 Å². The van der Waals surface area contributed by atoms with Crippen molar-refractivity contribution in [3.63, 3.8) is 0 Å². The topological polar surface area (TPSA) is 12.0 Å². The van der Waals surface area contributed by atoms with Crippen LogP contribution in [0.1, 0.15) is 78.1 Å². The Kier molecular flexibility index (Phi) is 5.34. The molecule has 0 aromatic carbocycles. The third kappa shape index (κ3) is 4.28. The molecule has 0 atom stereocenters. The second-order valence-corrected chi connectivity index (χ2v) is 6.63. The maximum absolute atomic E-state index is 3.94.